The number of ether oxygens (including phenoxy) is 2. The van der Waals surface area contributed by atoms with E-state index in [-0.39, 0.29) is 12.5 Å². The van der Waals surface area contributed by atoms with Crippen molar-refractivity contribution >= 4 is 5.91 Å². The van der Waals surface area contributed by atoms with Gasteiger partial charge in [0.1, 0.15) is 24.4 Å². The Kier molecular flexibility index (Phi) is 31.7. The van der Waals surface area contributed by atoms with Gasteiger partial charge >= 0.3 is 0 Å². The van der Waals surface area contributed by atoms with E-state index >= 15 is 0 Å². The van der Waals surface area contributed by atoms with Crippen molar-refractivity contribution in [2.75, 3.05) is 13.2 Å². The summed E-state index contributed by atoms with van der Waals surface area (Å²) in [6, 6.07) is -0.826. The van der Waals surface area contributed by atoms with Crippen molar-refractivity contribution in [3.05, 3.63) is 60.8 Å². The molecule has 9 nitrogen and oxygen atoms in total. The average molecular weight is 748 g/mol. The van der Waals surface area contributed by atoms with Gasteiger partial charge in [-0.3, -0.25) is 4.79 Å². The molecule has 7 atom stereocenters. The fourth-order valence-electron chi connectivity index (χ4n) is 6.29. The van der Waals surface area contributed by atoms with Crippen molar-refractivity contribution in [3.8, 4) is 0 Å². The van der Waals surface area contributed by atoms with Crippen LogP contribution in [0.25, 0.3) is 0 Å². The Hall–Kier alpha value is -2.11. The lowest BCUT2D eigenvalue weighted by Crippen LogP contribution is -2.60. The van der Waals surface area contributed by atoms with E-state index < -0.39 is 49.5 Å². The molecular formula is C44H77NO8. The van der Waals surface area contributed by atoms with Gasteiger partial charge in [0.25, 0.3) is 0 Å². The predicted molar refractivity (Wildman–Crippen MR) is 216 cm³/mol. The molecule has 306 valence electrons. The van der Waals surface area contributed by atoms with Gasteiger partial charge in [-0.15, -0.1) is 0 Å². The van der Waals surface area contributed by atoms with Gasteiger partial charge < -0.3 is 40.3 Å². The highest BCUT2D eigenvalue weighted by atomic mass is 16.7. The summed E-state index contributed by atoms with van der Waals surface area (Å²) in [6.07, 6.45) is 37.3. The summed E-state index contributed by atoms with van der Waals surface area (Å²) >= 11 is 0. The van der Waals surface area contributed by atoms with Crippen molar-refractivity contribution in [2.24, 2.45) is 0 Å². The first-order valence-electron chi connectivity index (χ1n) is 21.0. The molecule has 0 saturated carbocycles. The molecule has 0 aromatic rings. The standard InChI is InChI=1S/C44H77NO8/c1-3-5-7-9-11-13-14-15-16-17-18-19-20-21-22-23-24-26-28-30-32-34-40(48)45-37(38(47)33-31-29-27-25-12-10-8-6-4-2)36-52-44-43(51)42(50)41(49)39(35-46)53-44/h4-7,11-13,25,31,33,37-39,41-44,46-47,49-51H,3,8-10,14-24,26-30,32,34-36H2,1-2H3,(H,45,48)/b6-4+,7-5-,13-11-,25-12+,33-31+. The SMILES string of the molecule is C/C=C/CC/C=C/CC/C=C/C(O)C(COC1OC(CO)C(O)C(O)C1O)NC(=O)CCCCCCCCCCCCCCCC/C=C\C/C=C\CC. The second-order valence-corrected chi connectivity index (χ2v) is 14.4. The van der Waals surface area contributed by atoms with Gasteiger partial charge in [-0.1, -0.05) is 145 Å². The molecule has 1 fully saturated rings. The Labute approximate surface area is 322 Å². The molecule has 0 bridgehead atoms. The Morgan fingerprint density at radius 3 is 1.79 bits per heavy atom. The van der Waals surface area contributed by atoms with E-state index in [0.717, 1.165) is 57.8 Å². The van der Waals surface area contributed by atoms with E-state index in [1.54, 1.807) is 6.08 Å². The normalized spacial score (nSPS) is 22.3. The van der Waals surface area contributed by atoms with Crippen LogP contribution in [-0.4, -0.2) is 87.5 Å². The molecule has 1 aliphatic rings. The Morgan fingerprint density at radius 1 is 0.679 bits per heavy atom. The molecular weight excluding hydrogens is 670 g/mol. The van der Waals surface area contributed by atoms with Crippen LogP contribution in [0.5, 0.6) is 0 Å². The maximum atomic E-state index is 12.9. The number of carbonyl (C=O) groups is 1. The Bertz CT molecular complexity index is 1010. The monoisotopic (exact) mass is 748 g/mol. The topological polar surface area (TPSA) is 149 Å². The van der Waals surface area contributed by atoms with Crippen LogP contribution >= 0.6 is 0 Å². The molecule has 0 aromatic carbocycles. The van der Waals surface area contributed by atoms with E-state index in [2.05, 4.69) is 54.8 Å². The van der Waals surface area contributed by atoms with Gasteiger partial charge in [-0.25, -0.2) is 0 Å². The van der Waals surface area contributed by atoms with Gasteiger partial charge in [-0.05, 0) is 64.7 Å². The zero-order chi connectivity index (χ0) is 38.8. The zero-order valence-corrected chi connectivity index (χ0v) is 33.2. The maximum absolute atomic E-state index is 12.9. The van der Waals surface area contributed by atoms with Crippen LogP contribution in [0.4, 0.5) is 0 Å². The van der Waals surface area contributed by atoms with E-state index in [0.29, 0.717) is 6.42 Å². The minimum Gasteiger partial charge on any atom is -0.394 e. The predicted octanol–water partition coefficient (Wildman–Crippen LogP) is 8.05. The minimum absolute atomic E-state index is 0.198. The number of unbranched alkanes of at least 4 members (excludes halogenated alkanes) is 16. The Balaban J connectivity index is 2.30. The first kappa shape index (κ1) is 48.9. The van der Waals surface area contributed by atoms with Gasteiger partial charge in [0, 0.05) is 6.42 Å². The highest BCUT2D eigenvalue weighted by Gasteiger charge is 2.44. The van der Waals surface area contributed by atoms with Crippen LogP contribution in [-0.2, 0) is 14.3 Å². The van der Waals surface area contributed by atoms with Gasteiger partial charge in [0.15, 0.2) is 6.29 Å². The summed E-state index contributed by atoms with van der Waals surface area (Å²) in [5.74, 6) is -0.198. The lowest BCUT2D eigenvalue weighted by molar-refractivity contribution is -0.302. The van der Waals surface area contributed by atoms with Crippen molar-refractivity contribution in [1.82, 2.24) is 5.32 Å². The van der Waals surface area contributed by atoms with E-state index in [9.17, 15) is 30.3 Å². The molecule has 7 unspecified atom stereocenters. The first-order chi connectivity index (χ1) is 25.8. The zero-order valence-electron chi connectivity index (χ0n) is 33.2. The second kappa shape index (κ2) is 34.4. The number of aliphatic hydroxyl groups excluding tert-OH is 5. The van der Waals surface area contributed by atoms with E-state index in [1.165, 1.54) is 77.0 Å². The molecule has 9 heteroatoms. The highest BCUT2D eigenvalue weighted by Crippen LogP contribution is 2.22. The van der Waals surface area contributed by atoms with Gasteiger partial charge in [0.05, 0.1) is 25.4 Å². The summed E-state index contributed by atoms with van der Waals surface area (Å²) in [6.45, 7) is 3.39. The summed E-state index contributed by atoms with van der Waals surface area (Å²) < 4.78 is 11.1. The number of aliphatic hydroxyl groups is 5. The molecule has 0 radical (unpaired) electrons. The van der Waals surface area contributed by atoms with Crippen LogP contribution in [0.2, 0.25) is 0 Å². The molecule has 6 N–H and O–H groups in total. The number of amides is 1. The number of nitrogens with one attached hydrogen (secondary N) is 1. The third-order valence-electron chi connectivity index (χ3n) is 9.65. The number of hydrogen-bond acceptors (Lipinski definition) is 8. The number of rotatable bonds is 33. The van der Waals surface area contributed by atoms with Crippen molar-refractivity contribution in [2.45, 2.75) is 198 Å². The third kappa shape index (κ3) is 25.6. The average Bonchev–Trinajstić information content (AvgIpc) is 3.16. The lowest BCUT2D eigenvalue weighted by Gasteiger charge is -2.40. The van der Waals surface area contributed by atoms with Gasteiger partial charge in [0.2, 0.25) is 5.91 Å². The largest absolute Gasteiger partial charge is 0.394 e. The smallest absolute Gasteiger partial charge is 0.220 e. The summed E-state index contributed by atoms with van der Waals surface area (Å²) in [4.78, 5) is 12.9. The molecule has 1 saturated heterocycles. The molecule has 0 aliphatic carbocycles. The molecule has 1 aliphatic heterocycles. The van der Waals surface area contributed by atoms with E-state index in [1.807, 2.05) is 19.1 Å². The maximum Gasteiger partial charge on any atom is 0.220 e. The van der Waals surface area contributed by atoms with Crippen molar-refractivity contribution in [3.63, 3.8) is 0 Å². The molecule has 0 spiro atoms. The van der Waals surface area contributed by atoms with Crippen molar-refractivity contribution < 1.29 is 39.8 Å². The summed E-state index contributed by atoms with van der Waals surface area (Å²) in [5, 5.41) is 53.9. The van der Waals surface area contributed by atoms with Gasteiger partial charge in [-0.2, -0.15) is 0 Å². The summed E-state index contributed by atoms with van der Waals surface area (Å²) in [7, 11) is 0. The fourth-order valence-corrected chi connectivity index (χ4v) is 6.29. The molecule has 1 heterocycles. The van der Waals surface area contributed by atoms with Crippen molar-refractivity contribution in [1.29, 1.82) is 0 Å². The highest BCUT2D eigenvalue weighted by molar-refractivity contribution is 5.76. The molecule has 0 aromatic heterocycles. The first-order valence-corrected chi connectivity index (χ1v) is 21.0. The summed E-state index contributed by atoms with van der Waals surface area (Å²) in [5.41, 5.74) is 0. The van der Waals surface area contributed by atoms with Crippen LogP contribution in [0.3, 0.4) is 0 Å². The molecule has 1 rings (SSSR count). The van der Waals surface area contributed by atoms with Crippen LogP contribution in [0, 0.1) is 0 Å². The fraction of sp³-hybridized carbons (Fsp3) is 0.750. The van der Waals surface area contributed by atoms with Crippen LogP contribution in [0.1, 0.15) is 155 Å². The molecule has 53 heavy (non-hydrogen) atoms. The second-order valence-electron chi connectivity index (χ2n) is 14.4. The number of carbonyl (C=O) groups excluding carboxylic acids is 1. The third-order valence-corrected chi connectivity index (χ3v) is 9.65. The number of hydrogen-bond donors (Lipinski definition) is 6. The quantitative estimate of drug-likeness (QED) is 0.0292. The minimum atomic E-state index is -1.57. The van der Waals surface area contributed by atoms with Crippen LogP contribution in [0.15, 0.2) is 60.8 Å². The Morgan fingerprint density at radius 2 is 1.21 bits per heavy atom. The van der Waals surface area contributed by atoms with E-state index in [4.69, 9.17) is 9.47 Å². The van der Waals surface area contributed by atoms with Crippen LogP contribution < -0.4 is 5.32 Å². The molecule has 1 amide bonds. The number of allylic oxidation sites excluding steroid dienone is 9. The lowest BCUT2D eigenvalue weighted by atomic mass is 9.99.